The molecule has 2 aliphatic rings. The third kappa shape index (κ3) is 4.24. The maximum absolute atomic E-state index is 12.2. The first-order chi connectivity index (χ1) is 11.2. The van der Waals surface area contributed by atoms with Gasteiger partial charge < -0.3 is 4.74 Å². The molecule has 3 rings (SSSR count). The molecule has 0 amide bonds. The lowest BCUT2D eigenvalue weighted by molar-refractivity contribution is -0.0498. The minimum Gasteiger partial charge on any atom is -0.435 e. The van der Waals surface area contributed by atoms with Crippen LogP contribution in [-0.2, 0) is 0 Å². The van der Waals surface area contributed by atoms with Crippen molar-refractivity contribution in [2.24, 2.45) is 17.8 Å². The van der Waals surface area contributed by atoms with Crippen LogP contribution in [0.5, 0.6) is 5.75 Å². The van der Waals surface area contributed by atoms with Gasteiger partial charge in [0.15, 0.2) is 0 Å². The molecular weight excluding hydrogens is 294 g/mol. The highest BCUT2D eigenvalue weighted by Crippen LogP contribution is 2.48. The van der Waals surface area contributed by atoms with E-state index >= 15 is 0 Å². The zero-order valence-corrected chi connectivity index (χ0v) is 14.0. The van der Waals surface area contributed by atoms with Gasteiger partial charge >= 0.3 is 6.61 Å². The van der Waals surface area contributed by atoms with Gasteiger partial charge in [-0.3, -0.25) is 0 Å². The van der Waals surface area contributed by atoms with Crippen LogP contribution < -0.4 is 4.74 Å². The Morgan fingerprint density at radius 1 is 1.00 bits per heavy atom. The van der Waals surface area contributed by atoms with E-state index in [4.69, 9.17) is 0 Å². The van der Waals surface area contributed by atoms with Gasteiger partial charge in [0.05, 0.1) is 0 Å². The van der Waals surface area contributed by atoms with Crippen molar-refractivity contribution in [3.05, 3.63) is 29.8 Å². The van der Waals surface area contributed by atoms with Crippen LogP contribution in [0.4, 0.5) is 8.78 Å². The molecule has 0 unspecified atom stereocenters. The number of rotatable bonds is 5. The van der Waals surface area contributed by atoms with Gasteiger partial charge in [0.25, 0.3) is 0 Å². The first-order valence-corrected chi connectivity index (χ1v) is 9.20. The van der Waals surface area contributed by atoms with Gasteiger partial charge in [-0.2, -0.15) is 8.78 Å². The maximum Gasteiger partial charge on any atom is 0.387 e. The fourth-order valence-electron chi connectivity index (χ4n) is 4.88. The fraction of sp³-hybridized carbons (Fsp3) is 0.700. The third-order valence-electron chi connectivity index (χ3n) is 6.00. The lowest BCUT2D eigenvalue weighted by Crippen LogP contribution is -2.30. The fourth-order valence-corrected chi connectivity index (χ4v) is 4.88. The molecule has 2 fully saturated rings. The predicted molar refractivity (Wildman–Crippen MR) is 88.9 cm³/mol. The summed E-state index contributed by atoms with van der Waals surface area (Å²) in [5.74, 6) is 3.62. The molecule has 0 saturated heterocycles. The Bertz CT molecular complexity index is 485. The lowest BCUT2D eigenvalue weighted by atomic mass is 9.63. The highest BCUT2D eigenvalue weighted by atomic mass is 19.3. The molecule has 1 aromatic rings. The Labute approximate surface area is 138 Å². The van der Waals surface area contributed by atoms with Crippen LogP contribution in [0.15, 0.2) is 24.3 Å². The minimum atomic E-state index is -2.74. The SMILES string of the molecule is CCC[C@@H]1CC[C@@H]2C[C@H](c3ccc(OC(F)F)cc3)CC[C@@H]2C1. The van der Waals surface area contributed by atoms with E-state index in [9.17, 15) is 8.78 Å². The molecule has 1 aromatic carbocycles. The summed E-state index contributed by atoms with van der Waals surface area (Å²) in [5.41, 5.74) is 1.29. The Morgan fingerprint density at radius 3 is 2.39 bits per heavy atom. The molecule has 0 bridgehead atoms. The molecule has 0 radical (unpaired) electrons. The number of ether oxygens (including phenoxy) is 1. The standard InChI is InChI=1S/C20H28F2O/c1-2-3-14-4-5-18-13-17(7-6-16(18)12-14)15-8-10-19(11-9-15)23-20(21)22/h8-11,14,16-18,20H,2-7,12-13H2,1H3/t14-,16-,17-,18-/m1/s1. The summed E-state index contributed by atoms with van der Waals surface area (Å²) in [7, 11) is 0. The van der Waals surface area contributed by atoms with Crippen molar-refractivity contribution in [2.75, 3.05) is 0 Å². The summed E-state index contributed by atoms with van der Waals surface area (Å²) in [6, 6.07) is 7.33. The average molecular weight is 322 g/mol. The molecule has 0 spiro atoms. The molecule has 0 heterocycles. The smallest absolute Gasteiger partial charge is 0.387 e. The van der Waals surface area contributed by atoms with Gasteiger partial charge in [-0.25, -0.2) is 0 Å². The van der Waals surface area contributed by atoms with E-state index in [1.807, 2.05) is 12.1 Å². The van der Waals surface area contributed by atoms with Crippen LogP contribution in [0.3, 0.4) is 0 Å². The highest BCUT2D eigenvalue weighted by Gasteiger charge is 2.35. The van der Waals surface area contributed by atoms with Gasteiger partial charge in [-0.05, 0) is 73.5 Å². The lowest BCUT2D eigenvalue weighted by Gasteiger charge is -2.42. The van der Waals surface area contributed by atoms with Gasteiger partial charge in [0.1, 0.15) is 5.75 Å². The van der Waals surface area contributed by atoms with E-state index in [2.05, 4.69) is 11.7 Å². The third-order valence-corrected chi connectivity index (χ3v) is 6.00. The van der Waals surface area contributed by atoms with E-state index in [-0.39, 0.29) is 5.75 Å². The molecule has 2 saturated carbocycles. The second-order valence-electron chi connectivity index (χ2n) is 7.45. The normalized spacial score (nSPS) is 31.0. The summed E-state index contributed by atoms with van der Waals surface area (Å²) in [5, 5.41) is 0. The molecule has 3 heteroatoms. The molecule has 128 valence electrons. The molecule has 1 nitrogen and oxygen atoms in total. The van der Waals surface area contributed by atoms with Gasteiger partial charge in [0, 0.05) is 0 Å². The summed E-state index contributed by atoms with van der Waals surface area (Å²) in [6.07, 6.45) is 10.8. The maximum atomic E-state index is 12.2. The molecular formula is C20H28F2O. The van der Waals surface area contributed by atoms with Crippen molar-refractivity contribution in [1.29, 1.82) is 0 Å². The molecule has 2 aliphatic carbocycles. The van der Waals surface area contributed by atoms with E-state index in [0.29, 0.717) is 5.92 Å². The monoisotopic (exact) mass is 322 g/mol. The van der Waals surface area contributed by atoms with E-state index in [1.54, 1.807) is 12.1 Å². The highest BCUT2D eigenvalue weighted by molar-refractivity contribution is 5.30. The molecule has 4 atom stereocenters. The number of halogens is 2. The van der Waals surface area contributed by atoms with Crippen molar-refractivity contribution in [3.8, 4) is 5.75 Å². The minimum absolute atomic E-state index is 0.262. The van der Waals surface area contributed by atoms with Crippen molar-refractivity contribution in [1.82, 2.24) is 0 Å². The Hall–Kier alpha value is -1.12. The summed E-state index contributed by atoms with van der Waals surface area (Å²) in [4.78, 5) is 0. The topological polar surface area (TPSA) is 9.23 Å². The van der Waals surface area contributed by atoms with Crippen molar-refractivity contribution < 1.29 is 13.5 Å². The summed E-state index contributed by atoms with van der Waals surface area (Å²) in [6.45, 7) is -0.445. The number of hydrogen-bond acceptors (Lipinski definition) is 1. The Morgan fingerprint density at radius 2 is 1.70 bits per heavy atom. The predicted octanol–water partition coefficient (Wildman–Crippen LogP) is 6.39. The second kappa shape index (κ2) is 7.63. The first kappa shape index (κ1) is 16.7. The number of fused-ring (bicyclic) bond motifs is 1. The second-order valence-corrected chi connectivity index (χ2v) is 7.45. The number of hydrogen-bond donors (Lipinski definition) is 0. The van der Waals surface area contributed by atoms with E-state index < -0.39 is 6.61 Å². The molecule has 23 heavy (non-hydrogen) atoms. The van der Waals surface area contributed by atoms with Crippen molar-refractivity contribution >= 4 is 0 Å². The Balaban J connectivity index is 1.57. The number of benzene rings is 1. The van der Waals surface area contributed by atoms with Gasteiger partial charge in [0.2, 0.25) is 0 Å². The van der Waals surface area contributed by atoms with Crippen LogP contribution in [0.25, 0.3) is 0 Å². The van der Waals surface area contributed by atoms with E-state index in [0.717, 1.165) is 17.8 Å². The van der Waals surface area contributed by atoms with Crippen LogP contribution >= 0.6 is 0 Å². The quantitative estimate of drug-likeness (QED) is 0.610. The first-order valence-electron chi connectivity index (χ1n) is 9.20. The van der Waals surface area contributed by atoms with Crippen LogP contribution in [0, 0.1) is 17.8 Å². The van der Waals surface area contributed by atoms with Crippen LogP contribution in [0.1, 0.15) is 69.8 Å². The molecule has 0 aromatic heterocycles. The van der Waals surface area contributed by atoms with Crippen LogP contribution in [0.2, 0.25) is 0 Å². The van der Waals surface area contributed by atoms with Gasteiger partial charge in [-0.1, -0.05) is 38.3 Å². The zero-order valence-electron chi connectivity index (χ0n) is 14.0. The van der Waals surface area contributed by atoms with Gasteiger partial charge in [-0.15, -0.1) is 0 Å². The van der Waals surface area contributed by atoms with Crippen molar-refractivity contribution in [2.45, 2.75) is 70.8 Å². The average Bonchev–Trinajstić information content (AvgIpc) is 2.55. The Kier molecular flexibility index (Phi) is 5.55. The summed E-state index contributed by atoms with van der Waals surface area (Å²) >= 11 is 0. The van der Waals surface area contributed by atoms with E-state index in [1.165, 1.54) is 56.9 Å². The summed E-state index contributed by atoms with van der Waals surface area (Å²) < 4.78 is 28.9. The number of alkyl halides is 2. The van der Waals surface area contributed by atoms with Crippen LogP contribution in [-0.4, -0.2) is 6.61 Å². The zero-order chi connectivity index (χ0) is 16.2. The molecule has 0 N–H and O–H groups in total. The largest absolute Gasteiger partial charge is 0.435 e. The molecule has 0 aliphatic heterocycles. The van der Waals surface area contributed by atoms with Crippen molar-refractivity contribution in [3.63, 3.8) is 0 Å².